The molecule has 10 atom stereocenters. The molecule has 4 N–H and O–H groups in total. The second-order valence-electron chi connectivity index (χ2n) is 12.0. The maximum atomic E-state index is 12.4. The van der Waals surface area contributed by atoms with Crippen LogP contribution in [0.25, 0.3) is 0 Å². The highest BCUT2D eigenvalue weighted by atomic mass is 16.7. The summed E-state index contributed by atoms with van der Waals surface area (Å²) in [5.74, 6) is -5.83. The Hall–Kier alpha value is -4.48. The van der Waals surface area contributed by atoms with Gasteiger partial charge in [-0.2, -0.15) is 0 Å². The second-order valence-corrected chi connectivity index (χ2v) is 12.0. The molecular formula is C32H48N2O20. The van der Waals surface area contributed by atoms with Gasteiger partial charge in [0.25, 0.3) is 0 Å². The van der Waals surface area contributed by atoms with E-state index in [9.17, 15) is 48.6 Å². The van der Waals surface area contributed by atoms with E-state index in [0.717, 1.165) is 41.5 Å². The van der Waals surface area contributed by atoms with Crippen molar-refractivity contribution in [2.75, 3.05) is 39.5 Å². The monoisotopic (exact) mass is 780 g/mol. The predicted molar refractivity (Wildman–Crippen MR) is 172 cm³/mol. The molecule has 0 spiro atoms. The van der Waals surface area contributed by atoms with Gasteiger partial charge in [0, 0.05) is 54.6 Å². The lowest BCUT2D eigenvalue weighted by atomic mass is 9.98. The molecule has 2 aliphatic rings. The first-order valence-corrected chi connectivity index (χ1v) is 16.8. The third-order valence-electron chi connectivity index (χ3n) is 7.34. The lowest BCUT2D eigenvalue weighted by molar-refractivity contribution is -0.304. The van der Waals surface area contributed by atoms with Gasteiger partial charge in [-0.3, -0.25) is 38.4 Å². The van der Waals surface area contributed by atoms with Crippen molar-refractivity contribution < 1.29 is 95.9 Å². The van der Waals surface area contributed by atoms with Gasteiger partial charge < -0.3 is 68.2 Å². The summed E-state index contributed by atoms with van der Waals surface area (Å²) >= 11 is 0. The molecule has 0 radical (unpaired) electrons. The number of hydrogen-bond donors (Lipinski definition) is 4. The van der Waals surface area contributed by atoms with E-state index in [0.29, 0.717) is 12.8 Å². The van der Waals surface area contributed by atoms with Gasteiger partial charge in [0.1, 0.15) is 50.8 Å². The zero-order valence-corrected chi connectivity index (χ0v) is 30.7. The number of nitrogens with one attached hydrogen (secondary N) is 2. The Bertz CT molecular complexity index is 1230. The number of rotatable bonds is 19. The lowest BCUT2D eigenvalue weighted by Crippen LogP contribution is -2.62. The van der Waals surface area contributed by atoms with Crippen molar-refractivity contribution in [3.63, 3.8) is 0 Å². The first kappa shape index (κ1) is 45.7. The number of carbonyl (C=O) groups excluding carboxylic acids is 8. The molecular weight excluding hydrogens is 732 g/mol. The van der Waals surface area contributed by atoms with E-state index < -0.39 is 135 Å². The first-order chi connectivity index (χ1) is 25.4. The summed E-state index contributed by atoms with van der Waals surface area (Å²) in [6, 6.07) is 0. The van der Waals surface area contributed by atoms with Crippen LogP contribution < -0.4 is 10.6 Å². The van der Waals surface area contributed by atoms with Gasteiger partial charge in [0.2, 0.25) is 11.8 Å². The van der Waals surface area contributed by atoms with Crippen molar-refractivity contribution in [3.8, 4) is 0 Å². The van der Waals surface area contributed by atoms with Crippen LogP contribution in [0.1, 0.15) is 54.4 Å². The summed E-state index contributed by atoms with van der Waals surface area (Å²) in [7, 11) is 0. The van der Waals surface area contributed by atoms with Crippen LogP contribution in [0.4, 0.5) is 0 Å². The fourth-order valence-electron chi connectivity index (χ4n) is 5.17. The molecule has 2 heterocycles. The van der Waals surface area contributed by atoms with Gasteiger partial charge in [0.15, 0.2) is 37.0 Å². The van der Waals surface area contributed by atoms with Gasteiger partial charge in [-0.1, -0.05) is 0 Å². The van der Waals surface area contributed by atoms with Crippen LogP contribution >= 0.6 is 0 Å². The van der Waals surface area contributed by atoms with Crippen LogP contribution in [-0.4, -0.2) is 159 Å². The van der Waals surface area contributed by atoms with E-state index in [1.807, 2.05) is 0 Å². The Labute approximate surface area is 309 Å². The summed E-state index contributed by atoms with van der Waals surface area (Å²) in [6.07, 6.45) is -13.8. The number of aliphatic hydroxyl groups excluding tert-OH is 2. The largest absolute Gasteiger partial charge is 0.463 e. The maximum absolute atomic E-state index is 12.4. The molecule has 2 fully saturated rings. The van der Waals surface area contributed by atoms with Crippen molar-refractivity contribution in [2.24, 2.45) is 0 Å². The smallest absolute Gasteiger partial charge is 0.303 e. The van der Waals surface area contributed by atoms with Gasteiger partial charge in [-0.05, 0) is 12.8 Å². The summed E-state index contributed by atoms with van der Waals surface area (Å²) in [5.41, 5.74) is 0. The molecule has 0 aliphatic carbocycles. The second kappa shape index (κ2) is 22.7. The fraction of sp³-hybridized carbons (Fsp3) is 0.750. The third kappa shape index (κ3) is 15.9. The molecule has 2 saturated heterocycles. The van der Waals surface area contributed by atoms with E-state index in [2.05, 4.69) is 10.6 Å². The molecule has 22 heteroatoms. The first-order valence-electron chi connectivity index (χ1n) is 16.8. The number of aliphatic hydroxyl groups is 2. The minimum absolute atomic E-state index is 0.148. The summed E-state index contributed by atoms with van der Waals surface area (Å²) in [6.45, 7) is 4.71. The van der Waals surface area contributed by atoms with E-state index in [-0.39, 0.29) is 13.1 Å². The van der Waals surface area contributed by atoms with Crippen LogP contribution in [0.5, 0.6) is 0 Å². The average Bonchev–Trinajstić information content (AvgIpc) is 3.06. The Morgan fingerprint density at radius 3 is 1.11 bits per heavy atom. The van der Waals surface area contributed by atoms with E-state index in [4.69, 9.17) is 47.4 Å². The number of ether oxygens (including phenoxy) is 10. The Kier molecular flexibility index (Phi) is 19.2. The molecule has 0 saturated carbocycles. The number of hydrogen-bond acceptors (Lipinski definition) is 20. The molecule has 0 bridgehead atoms. The Morgan fingerprint density at radius 2 is 0.815 bits per heavy atom. The summed E-state index contributed by atoms with van der Waals surface area (Å²) in [5, 5.41) is 26.7. The highest BCUT2D eigenvalue weighted by Gasteiger charge is 2.51. The maximum Gasteiger partial charge on any atom is 0.303 e. The quantitative estimate of drug-likeness (QED) is 0.0579. The van der Waals surface area contributed by atoms with Crippen LogP contribution in [-0.2, 0) is 85.7 Å². The number of amides is 2. The molecule has 0 aromatic rings. The van der Waals surface area contributed by atoms with E-state index in [1.165, 1.54) is 0 Å². The highest BCUT2D eigenvalue weighted by Crippen LogP contribution is 2.29. The summed E-state index contributed by atoms with van der Waals surface area (Å²) in [4.78, 5) is 94.4. The van der Waals surface area contributed by atoms with Gasteiger partial charge in [0.05, 0.1) is 0 Å². The van der Waals surface area contributed by atoms with Crippen molar-refractivity contribution in [1.29, 1.82) is 0 Å². The highest BCUT2D eigenvalue weighted by molar-refractivity contribution is 5.77. The van der Waals surface area contributed by atoms with Crippen molar-refractivity contribution >= 4 is 47.6 Å². The third-order valence-corrected chi connectivity index (χ3v) is 7.34. The molecule has 306 valence electrons. The molecule has 0 aromatic heterocycles. The van der Waals surface area contributed by atoms with E-state index in [1.54, 1.807) is 0 Å². The molecule has 2 rings (SSSR count). The van der Waals surface area contributed by atoms with Crippen LogP contribution in [0.3, 0.4) is 0 Å². The topological polar surface area (TPSA) is 293 Å². The fourth-order valence-corrected chi connectivity index (χ4v) is 5.17. The van der Waals surface area contributed by atoms with E-state index >= 15 is 0 Å². The van der Waals surface area contributed by atoms with Gasteiger partial charge in [-0.15, -0.1) is 0 Å². The molecule has 2 amide bonds. The SMILES string of the molecule is CC(=O)OC[C@H]1O[C@H](OCC(=O)NCCCCNC(=O)CO[C@H]2O[C@H](COC(C)=O)[C@@H](OC(C)=O)[C@H](OC(C)=O)[C@H]2O)[C@H](O)[C@@H](OC(C)=O)[C@@H]1OC(C)=O. The molecule has 0 unspecified atom stereocenters. The zero-order chi connectivity index (χ0) is 40.5. The summed E-state index contributed by atoms with van der Waals surface area (Å²) < 4.78 is 52.6. The van der Waals surface area contributed by atoms with Crippen LogP contribution in [0.15, 0.2) is 0 Å². The van der Waals surface area contributed by atoms with Crippen molar-refractivity contribution in [2.45, 2.75) is 116 Å². The number of unbranched alkanes of at least 4 members (excludes halogenated alkanes) is 1. The number of carbonyl (C=O) groups is 8. The van der Waals surface area contributed by atoms with Gasteiger partial charge in [-0.25, -0.2) is 0 Å². The number of esters is 6. The lowest BCUT2D eigenvalue weighted by Gasteiger charge is -2.42. The predicted octanol–water partition coefficient (Wildman–Crippen LogP) is -2.94. The van der Waals surface area contributed by atoms with Crippen LogP contribution in [0.2, 0.25) is 0 Å². The minimum atomic E-state index is -1.70. The van der Waals surface area contributed by atoms with Crippen molar-refractivity contribution in [1.82, 2.24) is 10.6 Å². The van der Waals surface area contributed by atoms with Gasteiger partial charge >= 0.3 is 35.8 Å². The minimum Gasteiger partial charge on any atom is -0.463 e. The Morgan fingerprint density at radius 1 is 0.500 bits per heavy atom. The van der Waals surface area contributed by atoms with Crippen LogP contribution in [0, 0.1) is 0 Å². The standard InChI is InChI=1S/C32H48N2O20/c1-15(35)45-11-21-27(49-17(3)37)29(51-19(5)39)25(43)31(53-21)47-13-23(41)33-9-7-8-10-34-24(42)14-48-32-26(44)30(52-20(6)40)28(50-18(4)38)22(54-32)12-46-16(2)36/h21-22,25-32,43-44H,7-14H2,1-6H3,(H,33,41)(H,34,42)/t21-,22-,25-,26-,27-,28-,29-,30-,31+,32+/m1/s1. The Balaban J connectivity index is 1.81. The molecule has 22 nitrogen and oxygen atoms in total. The zero-order valence-electron chi connectivity index (χ0n) is 30.7. The molecule has 54 heavy (non-hydrogen) atoms. The molecule has 0 aromatic carbocycles. The average molecular weight is 781 g/mol. The normalized spacial score (nSPS) is 27.7. The van der Waals surface area contributed by atoms with Crippen molar-refractivity contribution in [3.05, 3.63) is 0 Å². The molecule has 2 aliphatic heterocycles.